The van der Waals surface area contributed by atoms with Gasteiger partial charge in [0.2, 0.25) is 0 Å². The number of hydrogen-bond donors (Lipinski definition) is 1. The largest absolute Gasteiger partial charge is 0.507 e. The van der Waals surface area contributed by atoms with Crippen molar-refractivity contribution < 1.29 is 18.3 Å². The van der Waals surface area contributed by atoms with Gasteiger partial charge < -0.3 is 14.7 Å². The molecule has 0 saturated carbocycles. The molecule has 0 atom stereocenters. The van der Waals surface area contributed by atoms with Gasteiger partial charge >= 0.3 is 0 Å². The first-order valence-electron chi connectivity index (χ1n) is 9.16. The van der Waals surface area contributed by atoms with E-state index in [0.717, 1.165) is 23.3 Å². The third kappa shape index (κ3) is 4.77. The van der Waals surface area contributed by atoms with E-state index in [1.165, 1.54) is 16.4 Å². The van der Waals surface area contributed by atoms with Crippen molar-refractivity contribution in [2.24, 2.45) is 0 Å². The SMILES string of the molecule is CO/C(C)=C/C=C1\C(=C(/C)CN(C)C)CCN1S(=O)(=O)c1ccc(C)cc1O. The highest BCUT2D eigenvalue weighted by Gasteiger charge is 2.35. The smallest absolute Gasteiger partial charge is 0.268 e. The summed E-state index contributed by atoms with van der Waals surface area (Å²) < 4.78 is 33.2. The van der Waals surface area contributed by atoms with E-state index in [1.54, 1.807) is 32.3 Å². The Hall–Kier alpha value is -2.25. The van der Waals surface area contributed by atoms with Crippen molar-refractivity contribution in [3.05, 3.63) is 58.5 Å². The molecule has 0 aliphatic carbocycles. The molecular formula is C21H30N2O4S. The van der Waals surface area contributed by atoms with Gasteiger partial charge in [-0.25, -0.2) is 8.42 Å². The van der Waals surface area contributed by atoms with Crippen molar-refractivity contribution in [3.63, 3.8) is 0 Å². The normalized spacial score (nSPS) is 18.9. The van der Waals surface area contributed by atoms with Crippen LogP contribution in [0.1, 0.15) is 25.8 Å². The summed E-state index contributed by atoms with van der Waals surface area (Å²) in [5.41, 5.74) is 3.54. The molecular weight excluding hydrogens is 376 g/mol. The van der Waals surface area contributed by atoms with Gasteiger partial charge in [-0.15, -0.1) is 0 Å². The Morgan fingerprint density at radius 2 is 2.00 bits per heavy atom. The molecule has 2 rings (SSSR count). The van der Waals surface area contributed by atoms with Crippen LogP contribution in [0.2, 0.25) is 0 Å². The maximum atomic E-state index is 13.3. The number of ether oxygens (including phenoxy) is 1. The van der Waals surface area contributed by atoms with Crippen LogP contribution in [0.3, 0.4) is 0 Å². The number of sulfonamides is 1. The van der Waals surface area contributed by atoms with Crippen molar-refractivity contribution in [3.8, 4) is 5.75 Å². The Bertz CT molecular complexity index is 928. The molecule has 0 radical (unpaired) electrons. The van der Waals surface area contributed by atoms with Gasteiger partial charge in [0.05, 0.1) is 18.6 Å². The highest BCUT2D eigenvalue weighted by Crippen LogP contribution is 2.37. The first-order valence-corrected chi connectivity index (χ1v) is 10.6. The molecule has 154 valence electrons. The number of hydrogen-bond acceptors (Lipinski definition) is 5. The van der Waals surface area contributed by atoms with Gasteiger partial charge in [0.1, 0.15) is 10.6 Å². The number of likely N-dealkylation sites (N-methyl/N-ethyl adjacent to an activating group) is 1. The van der Waals surface area contributed by atoms with Gasteiger partial charge in [0.25, 0.3) is 10.0 Å². The van der Waals surface area contributed by atoms with Crippen molar-refractivity contribution in [1.82, 2.24) is 9.21 Å². The predicted molar refractivity (Wildman–Crippen MR) is 111 cm³/mol. The number of allylic oxidation sites excluding steroid dienone is 4. The summed E-state index contributed by atoms with van der Waals surface area (Å²) in [6.07, 6.45) is 4.17. The Kier molecular flexibility index (Phi) is 6.96. The van der Waals surface area contributed by atoms with Gasteiger partial charge in [-0.05, 0) is 76.7 Å². The van der Waals surface area contributed by atoms with E-state index >= 15 is 0 Å². The summed E-state index contributed by atoms with van der Waals surface area (Å²) >= 11 is 0. The minimum absolute atomic E-state index is 0.0806. The fourth-order valence-electron chi connectivity index (χ4n) is 3.28. The highest BCUT2D eigenvalue weighted by molar-refractivity contribution is 7.89. The minimum atomic E-state index is -3.89. The van der Waals surface area contributed by atoms with E-state index in [2.05, 4.69) is 4.90 Å². The number of phenolic OH excluding ortho intramolecular Hbond substituents is 1. The summed E-state index contributed by atoms with van der Waals surface area (Å²) in [4.78, 5) is 1.97. The number of benzene rings is 1. The Labute approximate surface area is 168 Å². The predicted octanol–water partition coefficient (Wildman–Crippen LogP) is 3.41. The molecule has 0 spiro atoms. The molecule has 28 heavy (non-hydrogen) atoms. The van der Waals surface area contributed by atoms with E-state index in [4.69, 9.17) is 4.74 Å². The molecule has 1 fully saturated rings. The Morgan fingerprint density at radius 3 is 2.57 bits per heavy atom. The van der Waals surface area contributed by atoms with Gasteiger partial charge in [-0.1, -0.05) is 11.6 Å². The molecule has 0 unspecified atom stereocenters. The number of aryl methyl sites for hydroxylation is 1. The minimum Gasteiger partial charge on any atom is -0.507 e. The number of nitrogens with zero attached hydrogens (tertiary/aromatic N) is 2. The molecule has 6 nitrogen and oxygen atoms in total. The van der Waals surface area contributed by atoms with E-state index in [9.17, 15) is 13.5 Å². The van der Waals surface area contributed by atoms with Crippen molar-refractivity contribution >= 4 is 10.0 Å². The molecule has 0 amide bonds. The average molecular weight is 407 g/mol. The molecule has 1 aliphatic rings. The van der Waals surface area contributed by atoms with Crippen molar-refractivity contribution in [2.45, 2.75) is 32.1 Å². The lowest BCUT2D eigenvalue weighted by Crippen LogP contribution is -2.27. The maximum absolute atomic E-state index is 13.3. The fraction of sp³-hybridized carbons (Fsp3) is 0.429. The van der Waals surface area contributed by atoms with Gasteiger partial charge in [0.15, 0.2) is 0 Å². The van der Waals surface area contributed by atoms with Gasteiger partial charge in [-0.3, -0.25) is 4.31 Å². The van der Waals surface area contributed by atoms with E-state index in [0.29, 0.717) is 24.4 Å². The third-order valence-electron chi connectivity index (χ3n) is 4.69. The van der Waals surface area contributed by atoms with Crippen LogP contribution in [0.25, 0.3) is 0 Å². The molecule has 1 aromatic carbocycles. The summed E-state index contributed by atoms with van der Waals surface area (Å²) in [5, 5.41) is 10.2. The topological polar surface area (TPSA) is 70.1 Å². The van der Waals surface area contributed by atoms with Crippen LogP contribution in [0.4, 0.5) is 0 Å². The maximum Gasteiger partial charge on any atom is 0.268 e. The van der Waals surface area contributed by atoms with E-state index in [-0.39, 0.29) is 10.6 Å². The number of aromatic hydroxyl groups is 1. The summed E-state index contributed by atoms with van der Waals surface area (Å²) in [5.74, 6) is 0.449. The van der Waals surface area contributed by atoms with E-state index in [1.807, 2.05) is 27.9 Å². The quantitative estimate of drug-likeness (QED) is 0.733. The monoisotopic (exact) mass is 406 g/mol. The lowest BCUT2D eigenvalue weighted by atomic mass is 10.1. The molecule has 1 saturated heterocycles. The van der Waals surface area contributed by atoms with Crippen LogP contribution in [0, 0.1) is 6.92 Å². The second kappa shape index (κ2) is 8.84. The zero-order valence-corrected chi connectivity index (χ0v) is 18.3. The number of methoxy groups -OCH3 is 1. The standard InChI is InChI=1S/C21H30N2O4S/c1-15-7-10-21(20(24)13-15)28(25,26)23-12-11-18(16(2)14-22(4)5)19(23)9-8-17(3)27-6/h7-10,13,24H,11-12,14H2,1-6H3/b17-8+,18-16+,19-9+. The number of rotatable bonds is 6. The summed E-state index contributed by atoms with van der Waals surface area (Å²) in [6.45, 7) is 6.72. The fourth-order valence-corrected chi connectivity index (χ4v) is 4.84. The van der Waals surface area contributed by atoms with Crippen LogP contribution in [0.5, 0.6) is 5.75 Å². The van der Waals surface area contributed by atoms with Crippen LogP contribution >= 0.6 is 0 Å². The lowest BCUT2D eigenvalue weighted by Gasteiger charge is -2.22. The zero-order valence-electron chi connectivity index (χ0n) is 17.5. The molecule has 1 aliphatic heterocycles. The first kappa shape index (κ1) is 22.0. The van der Waals surface area contributed by atoms with Gasteiger partial charge in [-0.2, -0.15) is 0 Å². The molecule has 1 heterocycles. The second-order valence-corrected chi connectivity index (χ2v) is 9.16. The molecule has 0 aromatic heterocycles. The Balaban J connectivity index is 2.58. The van der Waals surface area contributed by atoms with Crippen LogP contribution in [-0.4, -0.2) is 57.0 Å². The highest BCUT2D eigenvalue weighted by atomic mass is 32.2. The molecule has 0 bridgehead atoms. The van der Waals surface area contributed by atoms with Crippen molar-refractivity contribution in [2.75, 3.05) is 34.3 Å². The molecule has 1 N–H and O–H groups in total. The number of phenols is 1. The van der Waals surface area contributed by atoms with E-state index < -0.39 is 10.0 Å². The summed E-state index contributed by atoms with van der Waals surface area (Å²) in [7, 11) is 1.65. The third-order valence-corrected chi connectivity index (χ3v) is 6.55. The van der Waals surface area contributed by atoms with Crippen molar-refractivity contribution in [1.29, 1.82) is 0 Å². The van der Waals surface area contributed by atoms with Crippen LogP contribution in [0.15, 0.2) is 57.8 Å². The summed E-state index contributed by atoms with van der Waals surface area (Å²) in [6, 6.07) is 4.62. The average Bonchev–Trinajstić information content (AvgIpc) is 3.03. The molecule has 1 aromatic rings. The Morgan fingerprint density at radius 1 is 1.32 bits per heavy atom. The second-order valence-electron chi connectivity index (χ2n) is 7.33. The van der Waals surface area contributed by atoms with Gasteiger partial charge in [0, 0.05) is 13.1 Å². The lowest BCUT2D eigenvalue weighted by molar-refractivity contribution is 0.293. The molecule has 7 heteroatoms. The van der Waals surface area contributed by atoms with Crippen LogP contribution in [-0.2, 0) is 14.8 Å². The first-order chi connectivity index (χ1) is 13.1. The van der Waals surface area contributed by atoms with Crippen LogP contribution < -0.4 is 0 Å². The zero-order chi connectivity index (χ0) is 21.1.